The van der Waals surface area contributed by atoms with E-state index in [1.165, 1.54) is 0 Å². The molecule has 0 aliphatic carbocycles. The van der Waals surface area contributed by atoms with E-state index in [1.807, 2.05) is 97.9 Å². The topological polar surface area (TPSA) is 99.8 Å². The fraction of sp³-hybridized carbons (Fsp3) is 0.129. The van der Waals surface area contributed by atoms with Gasteiger partial charge >= 0.3 is 6.03 Å². The first kappa shape index (κ1) is 24.9. The van der Waals surface area contributed by atoms with Crippen LogP contribution in [-0.4, -0.2) is 23.8 Å². The Morgan fingerprint density at radius 1 is 0.921 bits per heavy atom. The summed E-state index contributed by atoms with van der Waals surface area (Å²) >= 11 is 0. The molecule has 0 fully saturated rings. The van der Waals surface area contributed by atoms with E-state index in [0.717, 1.165) is 33.5 Å². The lowest BCUT2D eigenvalue weighted by Crippen LogP contribution is -2.48. The Morgan fingerprint density at radius 2 is 1.66 bits per heavy atom. The number of hydrogen-bond donors (Lipinski definition) is 3. The molecule has 0 unspecified atom stereocenters. The number of aryl methyl sites for hydroxylation is 1. The van der Waals surface area contributed by atoms with Crippen LogP contribution in [0, 0.1) is 6.92 Å². The van der Waals surface area contributed by atoms with Crippen LogP contribution in [0.2, 0.25) is 0 Å². The van der Waals surface area contributed by atoms with Gasteiger partial charge in [0.15, 0.2) is 0 Å². The minimum atomic E-state index is -1.14. The van der Waals surface area contributed by atoms with Gasteiger partial charge in [0.1, 0.15) is 0 Å². The fourth-order valence-corrected chi connectivity index (χ4v) is 4.54. The average Bonchev–Trinajstić information content (AvgIpc) is 3.05. The molecule has 1 atom stereocenters. The molecule has 0 saturated heterocycles. The van der Waals surface area contributed by atoms with E-state index in [-0.39, 0.29) is 5.91 Å². The van der Waals surface area contributed by atoms with Gasteiger partial charge in [-0.3, -0.25) is 4.79 Å². The Kier molecular flexibility index (Phi) is 7.28. The van der Waals surface area contributed by atoms with Gasteiger partial charge < -0.3 is 21.3 Å². The maximum atomic E-state index is 14.0. The largest absolute Gasteiger partial charge is 0.326 e. The normalized spacial score (nSPS) is 14.8. The molecule has 1 aliphatic heterocycles. The van der Waals surface area contributed by atoms with E-state index in [0.29, 0.717) is 24.5 Å². The summed E-state index contributed by atoms with van der Waals surface area (Å²) in [6.45, 7) is 2.72. The van der Waals surface area contributed by atoms with Gasteiger partial charge in [-0.2, -0.15) is 0 Å². The van der Waals surface area contributed by atoms with E-state index < -0.39 is 12.2 Å². The molecular formula is C31H29N5O2. The van der Waals surface area contributed by atoms with Gasteiger partial charge in [0.2, 0.25) is 6.17 Å². The van der Waals surface area contributed by atoms with E-state index in [9.17, 15) is 9.59 Å². The summed E-state index contributed by atoms with van der Waals surface area (Å²) in [5.74, 6) is -0.322. The molecule has 190 valence electrons. The predicted octanol–water partition coefficient (Wildman–Crippen LogP) is 4.99. The molecular weight excluding hydrogens is 474 g/mol. The molecule has 0 spiro atoms. The molecule has 3 amide bonds. The third-order valence-corrected chi connectivity index (χ3v) is 6.53. The summed E-state index contributed by atoms with van der Waals surface area (Å²) in [5.41, 5.74) is 12.4. The molecule has 1 aliphatic rings. The van der Waals surface area contributed by atoms with Crippen molar-refractivity contribution in [3.8, 4) is 0 Å². The van der Waals surface area contributed by atoms with E-state index in [4.69, 9.17) is 10.7 Å². The summed E-state index contributed by atoms with van der Waals surface area (Å²) < 4.78 is 0. The first-order valence-electron chi connectivity index (χ1n) is 12.5. The van der Waals surface area contributed by atoms with Crippen molar-refractivity contribution in [1.29, 1.82) is 0 Å². The van der Waals surface area contributed by atoms with Crippen LogP contribution in [0.3, 0.4) is 0 Å². The number of para-hydroxylation sites is 1. The number of hydrogen-bond acceptors (Lipinski definition) is 4. The summed E-state index contributed by atoms with van der Waals surface area (Å²) in [7, 11) is 0. The molecule has 0 saturated carbocycles. The van der Waals surface area contributed by atoms with Gasteiger partial charge in [0, 0.05) is 23.4 Å². The van der Waals surface area contributed by atoms with Gasteiger partial charge in [0.25, 0.3) is 5.91 Å². The maximum absolute atomic E-state index is 14.0. The zero-order valence-corrected chi connectivity index (χ0v) is 21.1. The molecule has 4 N–H and O–H groups in total. The van der Waals surface area contributed by atoms with E-state index >= 15 is 0 Å². The van der Waals surface area contributed by atoms with Crippen molar-refractivity contribution in [2.24, 2.45) is 10.7 Å². The highest BCUT2D eigenvalue weighted by Gasteiger charge is 2.33. The Bertz CT molecular complexity index is 1500. The Morgan fingerprint density at radius 3 is 2.45 bits per heavy atom. The average molecular weight is 504 g/mol. The van der Waals surface area contributed by atoms with Crippen molar-refractivity contribution in [1.82, 2.24) is 5.32 Å². The van der Waals surface area contributed by atoms with Crippen molar-refractivity contribution >= 4 is 29.0 Å². The molecule has 1 heterocycles. The molecule has 7 heteroatoms. The molecule has 4 aromatic carbocycles. The van der Waals surface area contributed by atoms with E-state index in [2.05, 4.69) is 10.6 Å². The molecule has 0 radical (unpaired) electrons. The predicted molar refractivity (Wildman–Crippen MR) is 151 cm³/mol. The number of fused-ring (bicyclic) bond motifs is 1. The minimum Gasteiger partial charge on any atom is -0.326 e. The first-order chi connectivity index (χ1) is 18.5. The van der Waals surface area contributed by atoms with Gasteiger partial charge in [-0.05, 0) is 41.8 Å². The number of rotatable bonds is 6. The van der Waals surface area contributed by atoms with Crippen LogP contribution in [0.4, 0.5) is 16.2 Å². The van der Waals surface area contributed by atoms with Crippen LogP contribution in [0.15, 0.2) is 108 Å². The lowest BCUT2D eigenvalue weighted by molar-refractivity contribution is -0.120. The van der Waals surface area contributed by atoms with Crippen molar-refractivity contribution in [2.75, 3.05) is 10.2 Å². The standard InChI is InChI=1S/C31H29N5O2/c1-21-10-5-6-14-24(21)20-36-27-17-8-7-16-26(27)28(23-12-3-2-4-13-23)34-29(30(36)37)35-31(38)33-25-15-9-11-22(18-25)19-32/h2-18,29H,19-20,32H2,1H3,(H2,33,35,38)/t29-/m0/s1. The van der Waals surface area contributed by atoms with Crippen molar-refractivity contribution in [2.45, 2.75) is 26.2 Å². The van der Waals surface area contributed by atoms with Crippen LogP contribution in [0.1, 0.15) is 27.8 Å². The van der Waals surface area contributed by atoms with Crippen LogP contribution >= 0.6 is 0 Å². The van der Waals surface area contributed by atoms with Crippen LogP contribution in [0.25, 0.3) is 0 Å². The van der Waals surface area contributed by atoms with Gasteiger partial charge in [-0.25, -0.2) is 9.79 Å². The Hall–Kier alpha value is -4.75. The quantitative estimate of drug-likeness (QED) is 0.346. The fourth-order valence-electron chi connectivity index (χ4n) is 4.54. The zero-order valence-electron chi connectivity index (χ0n) is 21.1. The highest BCUT2D eigenvalue weighted by Crippen LogP contribution is 2.30. The molecule has 0 bridgehead atoms. The van der Waals surface area contributed by atoms with Gasteiger partial charge in [-0.1, -0.05) is 84.9 Å². The smallest absolute Gasteiger partial charge is 0.321 e. The number of anilines is 2. The van der Waals surface area contributed by atoms with Crippen molar-refractivity contribution in [3.63, 3.8) is 0 Å². The highest BCUT2D eigenvalue weighted by atomic mass is 16.2. The SMILES string of the molecule is Cc1ccccc1CN1C(=O)[C@H](NC(=O)Nc2cccc(CN)c2)N=C(c2ccccc2)c2ccccc21. The summed E-state index contributed by atoms with van der Waals surface area (Å²) in [6.07, 6.45) is -1.14. The Balaban J connectivity index is 1.54. The number of nitrogens with one attached hydrogen (secondary N) is 2. The number of nitrogens with zero attached hydrogens (tertiary/aromatic N) is 2. The number of benzene rings is 4. The van der Waals surface area contributed by atoms with Crippen LogP contribution in [-0.2, 0) is 17.9 Å². The zero-order chi connectivity index (χ0) is 26.5. The molecule has 38 heavy (non-hydrogen) atoms. The number of amides is 3. The lowest BCUT2D eigenvalue weighted by Gasteiger charge is -2.26. The van der Waals surface area contributed by atoms with Crippen LogP contribution in [0.5, 0.6) is 0 Å². The van der Waals surface area contributed by atoms with Gasteiger partial charge in [0.05, 0.1) is 17.9 Å². The molecule has 5 rings (SSSR count). The summed E-state index contributed by atoms with van der Waals surface area (Å²) in [5, 5.41) is 5.61. The number of aliphatic imine (C=N–C) groups is 1. The minimum absolute atomic E-state index is 0.322. The number of urea groups is 1. The number of nitrogens with two attached hydrogens (primary N) is 1. The van der Waals surface area contributed by atoms with Gasteiger partial charge in [-0.15, -0.1) is 0 Å². The second kappa shape index (κ2) is 11.1. The number of benzodiazepines with no additional fused rings is 1. The monoisotopic (exact) mass is 503 g/mol. The number of carbonyl (C=O) groups excluding carboxylic acids is 2. The summed E-state index contributed by atoms with van der Waals surface area (Å²) in [6, 6.07) is 32.1. The number of carbonyl (C=O) groups is 2. The molecule has 7 nitrogen and oxygen atoms in total. The Labute approximate surface area is 222 Å². The van der Waals surface area contributed by atoms with Crippen LogP contribution < -0.4 is 21.3 Å². The molecule has 4 aromatic rings. The lowest BCUT2D eigenvalue weighted by atomic mass is 10.00. The summed E-state index contributed by atoms with van der Waals surface area (Å²) in [4.78, 5) is 33.7. The second-order valence-electron chi connectivity index (χ2n) is 9.12. The molecule has 0 aromatic heterocycles. The third-order valence-electron chi connectivity index (χ3n) is 6.53. The second-order valence-corrected chi connectivity index (χ2v) is 9.12. The highest BCUT2D eigenvalue weighted by molar-refractivity contribution is 6.20. The van der Waals surface area contributed by atoms with Crippen molar-refractivity contribution in [3.05, 3.63) is 131 Å². The maximum Gasteiger partial charge on any atom is 0.321 e. The van der Waals surface area contributed by atoms with E-state index in [1.54, 1.807) is 17.0 Å². The first-order valence-corrected chi connectivity index (χ1v) is 12.5. The van der Waals surface area contributed by atoms with Crippen molar-refractivity contribution < 1.29 is 9.59 Å². The third kappa shape index (κ3) is 5.33.